The Balaban J connectivity index is 1.66. The molecule has 1 aliphatic rings. The molecule has 1 aromatic heterocycles. The van der Waals surface area contributed by atoms with Crippen LogP contribution >= 0.6 is 0 Å². The van der Waals surface area contributed by atoms with Crippen molar-refractivity contribution in [2.45, 2.75) is 52.5 Å². The van der Waals surface area contributed by atoms with E-state index in [1.54, 1.807) is 6.07 Å². The second kappa shape index (κ2) is 8.88. The third-order valence-corrected chi connectivity index (χ3v) is 5.93. The van der Waals surface area contributed by atoms with E-state index < -0.39 is 5.82 Å². The number of anilines is 2. The topological polar surface area (TPSA) is 62.1 Å². The van der Waals surface area contributed by atoms with Gasteiger partial charge in [-0.2, -0.15) is 0 Å². The van der Waals surface area contributed by atoms with E-state index in [2.05, 4.69) is 21.4 Å². The summed E-state index contributed by atoms with van der Waals surface area (Å²) in [4.78, 5) is 4.77. The number of hydrogen-bond donors (Lipinski definition) is 3. The van der Waals surface area contributed by atoms with Gasteiger partial charge in [0, 0.05) is 17.8 Å². The van der Waals surface area contributed by atoms with E-state index in [1.165, 1.54) is 38.2 Å². The molecule has 5 nitrogen and oxygen atoms in total. The lowest BCUT2D eigenvalue weighted by Gasteiger charge is -2.23. The molecular formula is C24H29FN4O. The van der Waals surface area contributed by atoms with Crippen LogP contribution in [-0.4, -0.2) is 14.8 Å². The molecule has 4 rings (SSSR count). The van der Waals surface area contributed by atoms with E-state index in [9.17, 15) is 9.60 Å². The van der Waals surface area contributed by atoms with Crippen molar-refractivity contribution < 1.29 is 9.60 Å². The number of hydrogen-bond acceptors (Lipinski definition) is 4. The number of nitrogens with one attached hydrogen (secondary N) is 2. The highest BCUT2D eigenvalue weighted by atomic mass is 19.1. The highest BCUT2D eigenvalue weighted by molar-refractivity contribution is 5.80. The number of aromatic nitrogens is 2. The average Bonchev–Trinajstić information content (AvgIpc) is 3.08. The highest BCUT2D eigenvalue weighted by Crippen LogP contribution is 2.30. The summed E-state index contributed by atoms with van der Waals surface area (Å²) in [5, 5.41) is 12.7. The molecule has 0 amide bonds. The molecule has 0 radical (unpaired) electrons. The summed E-state index contributed by atoms with van der Waals surface area (Å²) in [5.74, 6) is 0.969. The second-order valence-electron chi connectivity index (χ2n) is 8.35. The lowest BCUT2D eigenvalue weighted by molar-refractivity contribution is 0.223. The van der Waals surface area contributed by atoms with Gasteiger partial charge in [0.25, 0.3) is 0 Å². The molecule has 3 N–H and O–H groups in total. The van der Waals surface area contributed by atoms with Crippen molar-refractivity contribution in [2.75, 3.05) is 5.32 Å². The van der Waals surface area contributed by atoms with Crippen molar-refractivity contribution in [1.29, 1.82) is 0 Å². The number of hydroxylamine groups is 1. The van der Waals surface area contributed by atoms with Crippen molar-refractivity contribution in [2.24, 2.45) is 5.92 Å². The van der Waals surface area contributed by atoms with Gasteiger partial charge in [-0.25, -0.2) is 9.37 Å². The third-order valence-electron chi connectivity index (χ3n) is 5.93. The Morgan fingerprint density at radius 1 is 1.13 bits per heavy atom. The smallest absolute Gasteiger partial charge is 0.208 e. The Bertz CT molecular complexity index is 1060. The van der Waals surface area contributed by atoms with Crippen LogP contribution in [0.3, 0.4) is 0 Å². The van der Waals surface area contributed by atoms with Crippen molar-refractivity contribution in [3.8, 4) is 0 Å². The number of allylic oxidation sites excluding steroid dienone is 1. The lowest BCUT2D eigenvalue weighted by atomic mass is 9.89. The monoisotopic (exact) mass is 408 g/mol. The van der Waals surface area contributed by atoms with Crippen LogP contribution in [0.4, 0.5) is 16.0 Å². The number of fused-ring (bicyclic) bond motifs is 1. The Hall–Kier alpha value is -2.86. The van der Waals surface area contributed by atoms with Gasteiger partial charge >= 0.3 is 0 Å². The van der Waals surface area contributed by atoms with E-state index in [4.69, 9.17) is 4.98 Å². The average molecular weight is 409 g/mol. The van der Waals surface area contributed by atoms with Gasteiger partial charge in [0.2, 0.25) is 5.95 Å². The molecular weight excluding hydrogens is 379 g/mol. The fraction of sp³-hybridized carbons (Fsp3) is 0.375. The third kappa shape index (κ3) is 4.19. The normalized spacial score (nSPS) is 14.7. The molecule has 1 aliphatic carbocycles. The molecule has 6 heteroatoms. The maximum atomic E-state index is 14.8. The zero-order valence-electron chi connectivity index (χ0n) is 17.6. The van der Waals surface area contributed by atoms with Crippen LogP contribution in [0.5, 0.6) is 0 Å². The molecule has 0 bridgehead atoms. The largest absolute Gasteiger partial charge is 0.325 e. The molecule has 0 atom stereocenters. The second-order valence-corrected chi connectivity index (χ2v) is 8.35. The number of rotatable bonds is 6. The molecule has 3 aromatic rings. The van der Waals surface area contributed by atoms with Crippen LogP contribution in [0, 0.1) is 11.7 Å². The summed E-state index contributed by atoms with van der Waals surface area (Å²) >= 11 is 0. The predicted molar refractivity (Wildman–Crippen MR) is 119 cm³/mol. The Labute approximate surface area is 176 Å². The van der Waals surface area contributed by atoms with E-state index >= 15 is 0 Å². The first-order valence-electron chi connectivity index (χ1n) is 10.7. The van der Waals surface area contributed by atoms with Gasteiger partial charge in [-0.1, -0.05) is 37.0 Å². The first-order valence-corrected chi connectivity index (χ1v) is 10.7. The zero-order valence-corrected chi connectivity index (χ0v) is 17.6. The van der Waals surface area contributed by atoms with Crippen LogP contribution < -0.4 is 10.8 Å². The van der Waals surface area contributed by atoms with Crippen molar-refractivity contribution in [3.05, 3.63) is 59.4 Å². The van der Waals surface area contributed by atoms with E-state index in [0.29, 0.717) is 22.9 Å². The number of benzene rings is 2. The summed E-state index contributed by atoms with van der Waals surface area (Å²) in [7, 11) is 0. The minimum Gasteiger partial charge on any atom is -0.325 e. The van der Waals surface area contributed by atoms with E-state index in [1.807, 2.05) is 38.1 Å². The van der Waals surface area contributed by atoms with Crippen LogP contribution in [0.2, 0.25) is 0 Å². The number of imidazole rings is 1. The number of para-hydroxylation sites is 2. The fourth-order valence-corrected chi connectivity index (χ4v) is 4.35. The van der Waals surface area contributed by atoms with Crippen molar-refractivity contribution in [3.63, 3.8) is 0 Å². The first kappa shape index (κ1) is 20.4. The Morgan fingerprint density at radius 2 is 1.90 bits per heavy atom. The SMILES string of the molecule is CC(C)=C(NO)c1ccc(Nc2nc3ccccc3n2CC2CCCCC2)cc1F. The van der Waals surface area contributed by atoms with Crippen molar-refractivity contribution in [1.82, 2.24) is 15.0 Å². The van der Waals surface area contributed by atoms with Crippen LogP contribution in [0.25, 0.3) is 16.7 Å². The summed E-state index contributed by atoms with van der Waals surface area (Å²) in [6, 6.07) is 13.0. The predicted octanol–water partition coefficient (Wildman–Crippen LogP) is 6.23. The molecule has 0 saturated heterocycles. The van der Waals surface area contributed by atoms with Crippen LogP contribution in [0.1, 0.15) is 51.5 Å². The number of nitrogens with zero attached hydrogens (tertiary/aromatic N) is 2. The molecule has 0 aliphatic heterocycles. The van der Waals surface area contributed by atoms with Gasteiger partial charge in [-0.15, -0.1) is 0 Å². The fourth-order valence-electron chi connectivity index (χ4n) is 4.35. The zero-order chi connectivity index (χ0) is 21.1. The van der Waals surface area contributed by atoms with Gasteiger partial charge < -0.3 is 9.88 Å². The minimum absolute atomic E-state index is 0.332. The summed E-state index contributed by atoms with van der Waals surface area (Å²) in [6.07, 6.45) is 6.40. The molecule has 2 aromatic carbocycles. The van der Waals surface area contributed by atoms with Crippen LogP contribution in [-0.2, 0) is 6.54 Å². The quantitative estimate of drug-likeness (QED) is 0.423. The van der Waals surface area contributed by atoms with Gasteiger partial charge in [0.1, 0.15) is 5.82 Å². The lowest BCUT2D eigenvalue weighted by Crippen LogP contribution is -2.15. The summed E-state index contributed by atoms with van der Waals surface area (Å²) in [6.45, 7) is 4.55. The minimum atomic E-state index is -0.410. The molecule has 0 spiro atoms. The Kier molecular flexibility index (Phi) is 6.04. The maximum absolute atomic E-state index is 14.8. The number of halogens is 1. The van der Waals surface area contributed by atoms with Gasteiger partial charge in [0.15, 0.2) is 0 Å². The first-order chi connectivity index (χ1) is 14.6. The van der Waals surface area contributed by atoms with Crippen LogP contribution in [0.15, 0.2) is 48.0 Å². The van der Waals surface area contributed by atoms with Crippen molar-refractivity contribution >= 4 is 28.4 Å². The molecule has 158 valence electrons. The van der Waals surface area contributed by atoms with Gasteiger partial charge in [-0.05, 0) is 62.9 Å². The molecule has 1 fully saturated rings. The van der Waals surface area contributed by atoms with E-state index in [-0.39, 0.29) is 0 Å². The standard InChI is InChI=1S/C24H29FN4O/c1-16(2)23(28-30)19-13-12-18(14-20(19)25)26-24-27-21-10-6-7-11-22(21)29(24)15-17-8-4-3-5-9-17/h6-7,10-14,17,28,30H,3-5,8-9,15H2,1-2H3,(H,26,27). The molecule has 1 saturated carbocycles. The summed E-state index contributed by atoms with van der Waals surface area (Å²) < 4.78 is 17.0. The summed E-state index contributed by atoms with van der Waals surface area (Å²) in [5.41, 5.74) is 6.27. The van der Waals surface area contributed by atoms with Gasteiger partial charge in [0.05, 0.1) is 16.7 Å². The Morgan fingerprint density at radius 3 is 2.60 bits per heavy atom. The maximum Gasteiger partial charge on any atom is 0.208 e. The molecule has 1 heterocycles. The molecule has 30 heavy (non-hydrogen) atoms. The van der Waals surface area contributed by atoms with E-state index in [0.717, 1.165) is 29.1 Å². The van der Waals surface area contributed by atoms with Gasteiger partial charge in [-0.3, -0.25) is 10.7 Å². The highest BCUT2D eigenvalue weighted by Gasteiger charge is 2.19. The molecule has 0 unspecified atom stereocenters.